The zero-order chi connectivity index (χ0) is 30.2. The average Bonchev–Trinajstić information content (AvgIpc) is 2.95. The van der Waals surface area contributed by atoms with Crippen molar-refractivity contribution < 1.29 is 38.1 Å². The molecule has 2 unspecified atom stereocenters. The molecule has 2 aliphatic heterocycles. The predicted molar refractivity (Wildman–Crippen MR) is 151 cm³/mol. The van der Waals surface area contributed by atoms with Crippen molar-refractivity contribution >= 4 is 24.0 Å². The Bertz CT molecular complexity index is 1330. The quantitative estimate of drug-likeness (QED) is 0.233. The van der Waals surface area contributed by atoms with Gasteiger partial charge in [-0.3, -0.25) is 0 Å². The van der Waals surface area contributed by atoms with Crippen molar-refractivity contribution in [3.05, 3.63) is 82.2 Å². The second-order valence-electron chi connectivity index (χ2n) is 9.35. The molecule has 2 aromatic rings. The number of hydrogen-bond donors (Lipinski definition) is 4. The van der Waals surface area contributed by atoms with E-state index in [4.69, 9.17) is 18.9 Å². The first kappa shape index (κ1) is 30.0. The summed E-state index contributed by atoms with van der Waals surface area (Å²) in [4.78, 5) is 50.0. The molecule has 4 amide bonds. The number of urea groups is 2. The van der Waals surface area contributed by atoms with Crippen molar-refractivity contribution in [3.8, 4) is 11.5 Å². The van der Waals surface area contributed by atoms with Crippen LogP contribution in [-0.2, 0) is 19.1 Å². The molecule has 4 rings (SSSR count). The van der Waals surface area contributed by atoms with Crippen LogP contribution in [0.2, 0.25) is 0 Å². The van der Waals surface area contributed by atoms with E-state index in [2.05, 4.69) is 21.3 Å². The fraction of sp³-hybridized carbons (Fsp3) is 0.333. The van der Waals surface area contributed by atoms with Gasteiger partial charge in [-0.25, -0.2) is 19.2 Å². The van der Waals surface area contributed by atoms with E-state index in [9.17, 15) is 19.2 Å². The Morgan fingerprint density at radius 2 is 1.05 bits per heavy atom. The second kappa shape index (κ2) is 13.6. The maximum Gasteiger partial charge on any atom is 0.338 e. The van der Waals surface area contributed by atoms with Gasteiger partial charge in [0.2, 0.25) is 0 Å². The van der Waals surface area contributed by atoms with Gasteiger partial charge in [-0.1, -0.05) is 36.4 Å². The van der Waals surface area contributed by atoms with Gasteiger partial charge in [0.25, 0.3) is 0 Å². The number of carbonyl (C=O) groups excluding carboxylic acids is 4. The molecule has 0 aromatic heterocycles. The van der Waals surface area contributed by atoms with Crippen LogP contribution in [0.1, 0.15) is 50.9 Å². The SMILES string of the molecule is CCOC(=O)C1=C(C)NC(=O)NC1c1ccccc1OCCOc1ccccc1C1NC(=O)NC(C)=C1C(=O)OCC. The molecule has 0 fully saturated rings. The minimum Gasteiger partial charge on any atom is -0.490 e. The minimum atomic E-state index is -0.782. The Morgan fingerprint density at radius 1 is 0.667 bits per heavy atom. The van der Waals surface area contributed by atoms with Crippen molar-refractivity contribution in [1.29, 1.82) is 0 Å². The topological polar surface area (TPSA) is 153 Å². The van der Waals surface area contributed by atoms with Crippen LogP contribution in [0, 0.1) is 0 Å². The molecule has 4 N–H and O–H groups in total. The summed E-state index contributed by atoms with van der Waals surface area (Å²) in [6.07, 6.45) is 0. The number of benzene rings is 2. The molecular weight excluding hydrogens is 544 g/mol. The Morgan fingerprint density at radius 3 is 1.43 bits per heavy atom. The van der Waals surface area contributed by atoms with E-state index >= 15 is 0 Å². The number of hydrogen-bond acceptors (Lipinski definition) is 8. The standard InChI is InChI=1S/C30H34N4O8/c1-5-39-27(35)23-17(3)31-29(37)33-25(23)19-11-7-9-13-21(19)41-15-16-42-22-14-10-8-12-20(22)26-24(28(36)40-6-2)18(4)32-30(38)34-26/h7-14,25-26H,5-6,15-16H2,1-4H3,(H2,31,33,37)(H2,32,34,38). The number of esters is 2. The number of allylic oxidation sites excluding steroid dienone is 2. The second-order valence-corrected chi connectivity index (χ2v) is 9.35. The average molecular weight is 579 g/mol. The lowest BCUT2D eigenvalue weighted by Gasteiger charge is -2.29. The van der Waals surface area contributed by atoms with Gasteiger partial charge in [-0.15, -0.1) is 0 Å². The molecule has 12 heteroatoms. The molecule has 0 spiro atoms. The van der Waals surface area contributed by atoms with Crippen LogP contribution in [0.4, 0.5) is 9.59 Å². The summed E-state index contributed by atoms with van der Waals surface area (Å²) >= 11 is 0. The van der Waals surface area contributed by atoms with Crippen LogP contribution in [0.25, 0.3) is 0 Å². The van der Waals surface area contributed by atoms with Gasteiger partial charge >= 0.3 is 24.0 Å². The number of carbonyl (C=O) groups is 4. The summed E-state index contributed by atoms with van der Waals surface area (Å²) in [7, 11) is 0. The van der Waals surface area contributed by atoms with E-state index in [0.717, 1.165) is 0 Å². The third-order valence-corrected chi connectivity index (χ3v) is 6.59. The molecule has 0 bridgehead atoms. The first-order valence-electron chi connectivity index (χ1n) is 13.6. The molecular formula is C30H34N4O8. The summed E-state index contributed by atoms with van der Waals surface area (Å²) in [5.41, 5.74) is 2.51. The molecule has 0 radical (unpaired) electrons. The highest BCUT2D eigenvalue weighted by atomic mass is 16.5. The van der Waals surface area contributed by atoms with Crippen molar-refractivity contribution in [1.82, 2.24) is 21.3 Å². The molecule has 0 aliphatic carbocycles. The normalized spacial score (nSPS) is 18.3. The summed E-state index contributed by atoms with van der Waals surface area (Å²) < 4.78 is 22.5. The molecule has 2 aromatic carbocycles. The Kier molecular flexibility index (Phi) is 9.69. The number of ether oxygens (including phenoxy) is 4. The maximum absolute atomic E-state index is 12.7. The fourth-order valence-corrected chi connectivity index (χ4v) is 4.82. The van der Waals surface area contributed by atoms with Crippen molar-refractivity contribution in [2.75, 3.05) is 26.4 Å². The lowest BCUT2D eigenvalue weighted by molar-refractivity contribution is -0.140. The molecule has 222 valence electrons. The van der Waals surface area contributed by atoms with Crippen molar-refractivity contribution in [2.45, 2.75) is 39.8 Å². The first-order chi connectivity index (χ1) is 20.2. The monoisotopic (exact) mass is 578 g/mol. The maximum atomic E-state index is 12.7. The Hall–Kier alpha value is -5.00. The predicted octanol–water partition coefficient (Wildman–Crippen LogP) is 3.53. The fourth-order valence-electron chi connectivity index (χ4n) is 4.82. The Balaban J connectivity index is 1.51. The van der Waals surface area contributed by atoms with Gasteiger partial charge in [-0.05, 0) is 39.8 Å². The number of amides is 4. The third kappa shape index (κ3) is 6.65. The van der Waals surface area contributed by atoms with E-state index in [0.29, 0.717) is 34.0 Å². The van der Waals surface area contributed by atoms with Crippen LogP contribution < -0.4 is 30.7 Å². The zero-order valence-corrected chi connectivity index (χ0v) is 23.9. The van der Waals surface area contributed by atoms with Crippen LogP contribution in [0.15, 0.2) is 71.1 Å². The van der Waals surface area contributed by atoms with Crippen LogP contribution in [0.5, 0.6) is 11.5 Å². The molecule has 2 heterocycles. The summed E-state index contributed by atoms with van der Waals surface area (Å²) in [6, 6.07) is 11.7. The highest BCUT2D eigenvalue weighted by Crippen LogP contribution is 2.35. The van der Waals surface area contributed by atoms with E-state index < -0.39 is 36.1 Å². The van der Waals surface area contributed by atoms with Gasteiger partial charge in [-0.2, -0.15) is 0 Å². The lowest BCUT2D eigenvalue weighted by Crippen LogP contribution is -2.45. The molecule has 0 saturated heterocycles. The molecule has 42 heavy (non-hydrogen) atoms. The molecule has 12 nitrogen and oxygen atoms in total. The van der Waals surface area contributed by atoms with Crippen molar-refractivity contribution in [2.24, 2.45) is 0 Å². The van der Waals surface area contributed by atoms with E-state index in [1.165, 1.54) is 0 Å². The smallest absolute Gasteiger partial charge is 0.338 e. The number of rotatable bonds is 11. The zero-order valence-electron chi connectivity index (χ0n) is 23.9. The van der Waals surface area contributed by atoms with Gasteiger partial charge in [0, 0.05) is 22.5 Å². The summed E-state index contributed by atoms with van der Waals surface area (Å²) in [5.74, 6) is -0.188. The minimum absolute atomic E-state index is 0.111. The molecule has 2 aliphatic rings. The Labute approximate surface area is 243 Å². The highest BCUT2D eigenvalue weighted by Gasteiger charge is 2.35. The van der Waals surface area contributed by atoms with Gasteiger partial charge in [0.05, 0.1) is 36.4 Å². The third-order valence-electron chi connectivity index (χ3n) is 6.59. The van der Waals surface area contributed by atoms with Crippen LogP contribution in [0.3, 0.4) is 0 Å². The highest BCUT2D eigenvalue weighted by molar-refractivity contribution is 5.96. The molecule has 2 atom stereocenters. The molecule has 0 saturated carbocycles. The van der Waals surface area contributed by atoms with Crippen LogP contribution in [-0.4, -0.2) is 50.4 Å². The van der Waals surface area contributed by atoms with E-state index in [1.807, 2.05) is 0 Å². The van der Waals surface area contributed by atoms with E-state index in [-0.39, 0.29) is 37.6 Å². The summed E-state index contributed by atoms with van der Waals surface area (Å²) in [5, 5.41) is 10.8. The largest absolute Gasteiger partial charge is 0.490 e. The van der Waals surface area contributed by atoms with Gasteiger partial charge in [0.15, 0.2) is 0 Å². The summed E-state index contributed by atoms with van der Waals surface area (Å²) in [6.45, 7) is 7.29. The van der Waals surface area contributed by atoms with Gasteiger partial charge < -0.3 is 40.2 Å². The van der Waals surface area contributed by atoms with Crippen molar-refractivity contribution in [3.63, 3.8) is 0 Å². The number of nitrogens with one attached hydrogen (secondary N) is 4. The van der Waals surface area contributed by atoms with Gasteiger partial charge in [0.1, 0.15) is 24.7 Å². The first-order valence-corrected chi connectivity index (χ1v) is 13.6. The number of para-hydroxylation sites is 2. The van der Waals surface area contributed by atoms with Crippen LogP contribution >= 0.6 is 0 Å². The lowest BCUT2D eigenvalue weighted by atomic mass is 9.95. The van der Waals surface area contributed by atoms with E-state index in [1.54, 1.807) is 76.2 Å².